The van der Waals surface area contributed by atoms with Gasteiger partial charge in [-0.15, -0.1) is 11.3 Å². The maximum atomic E-state index is 12.8. The largest absolute Gasteiger partial charge is 0.493 e. The molecule has 0 radical (unpaired) electrons. The van der Waals surface area contributed by atoms with Crippen LogP contribution in [0.15, 0.2) is 35.7 Å². The molecule has 1 amide bonds. The topological polar surface area (TPSA) is 113 Å². The van der Waals surface area contributed by atoms with Crippen LogP contribution in [0.4, 0.5) is 5.69 Å². The maximum absolute atomic E-state index is 12.8. The third kappa shape index (κ3) is 4.80. The number of carbonyl (C=O) groups excluding carboxylic acids is 1. The zero-order valence-corrected chi connectivity index (χ0v) is 18.9. The van der Waals surface area contributed by atoms with Gasteiger partial charge in [-0.1, -0.05) is 24.3 Å². The van der Waals surface area contributed by atoms with Crippen molar-refractivity contribution in [1.29, 1.82) is 0 Å². The van der Waals surface area contributed by atoms with E-state index in [2.05, 4.69) is 10.3 Å². The highest BCUT2D eigenvalue weighted by Crippen LogP contribution is 2.46. The number of benzene rings is 2. The van der Waals surface area contributed by atoms with Crippen molar-refractivity contribution in [2.75, 3.05) is 27.9 Å². The summed E-state index contributed by atoms with van der Waals surface area (Å²) in [4.78, 5) is 28.2. The molecule has 10 heteroatoms. The molecule has 0 saturated carbocycles. The van der Waals surface area contributed by atoms with E-state index in [9.17, 15) is 14.9 Å². The van der Waals surface area contributed by atoms with Crippen LogP contribution in [-0.4, -0.2) is 43.7 Å². The molecule has 1 N–H and O–H groups in total. The van der Waals surface area contributed by atoms with Crippen molar-refractivity contribution >= 4 is 22.9 Å². The minimum atomic E-state index is -0.672. The summed E-state index contributed by atoms with van der Waals surface area (Å²) in [6.45, 7) is 2.26. The van der Waals surface area contributed by atoms with Crippen LogP contribution in [0.3, 0.4) is 0 Å². The number of nitro groups is 1. The fourth-order valence-corrected chi connectivity index (χ4v) is 3.87. The molecule has 0 aliphatic rings. The second kappa shape index (κ2) is 10.1. The van der Waals surface area contributed by atoms with E-state index in [0.29, 0.717) is 13.0 Å². The maximum Gasteiger partial charge on any atom is 0.327 e. The number of methoxy groups -OCH3 is 3. The lowest BCUT2D eigenvalue weighted by Gasteiger charge is -2.15. The number of hydrogen-bond donors (Lipinski definition) is 1. The van der Waals surface area contributed by atoms with Crippen LogP contribution in [0.25, 0.3) is 11.3 Å². The number of nitrogens with one attached hydrogen (secondary N) is 1. The van der Waals surface area contributed by atoms with Crippen LogP contribution in [0.5, 0.6) is 17.2 Å². The molecule has 0 bridgehead atoms. The lowest BCUT2D eigenvalue weighted by Crippen LogP contribution is -2.26. The number of hydrogen-bond acceptors (Lipinski definition) is 8. The molecule has 32 heavy (non-hydrogen) atoms. The Morgan fingerprint density at radius 3 is 2.34 bits per heavy atom. The van der Waals surface area contributed by atoms with Gasteiger partial charge in [-0.05, 0) is 18.9 Å². The quantitative estimate of drug-likeness (QED) is 0.381. The molecule has 9 nitrogen and oxygen atoms in total. The van der Waals surface area contributed by atoms with Gasteiger partial charge in [-0.25, -0.2) is 4.98 Å². The zero-order chi connectivity index (χ0) is 23.3. The van der Waals surface area contributed by atoms with Crippen LogP contribution in [-0.2, 0) is 6.42 Å². The summed E-state index contributed by atoms with van der Waals surface area (Å²) < 4.78 is 15.5. The second-order valence-electron chi connectivity index (χ2n) is 6.75. The van der Waals surface area contributed by atoms with Crippen LogP contribution >= 0.6 is 11.3 Å². The SMILES string of the molecule is COc1cc(C(=O)NCCc2ccc(-c3csc(C)n3)cc2)c([N+](=O)[O-])c(OC)c1OC. The Bertz CT molecular complexity index is 1130. The lowest BCUT2D eigenvalue weighted by atomic mass is 10.1. The number of nitro benzene ring substituents is 1. The standard InChI is InChI=1S/C22H23N3O6S/c1-13-24-17(12-32-13)15-7-5-14(6-8-15)9-10-23-22(26)16-11-18(29-2)20(30-3)21(31-4)19(16)25(27)28/h5-8,11-12H,9-10H2,1-4H3,(H,23,26). The summed E-state index contributed by atoms with van der Waals surface area (Å²) in [6.07, 6.45) is 0.556. The average molecular weight is 458 g/mol. The summed E-state index contributed by atoms with van der Waals surface area (Å²) in [5.74, 6) is -0.568. The van der Waals surface area contributed by atoms with Crippen molar-refractivity contribution in [2.24, 2.45) is 0 Å². The molecule has 0 aliphatic carbocycles. The molecule has 0 atom stereocenters. The van der Waals surface area contributed by atoms with Gasteiger partial charge >= 0.3 is 5.69 Å². The molecular weight excluding hydrogens is 434 g/mol. The molecule has 3 rings (SSSR count). The van der Waals surface area contributed by atoms with Gasteiger partial charge in [-0.2, -0.15) is 0 Å². The summed E-state index contributed by atoms with van der Waals surface area (Å²) in [5, 5.41) is 17.4. The van der Waals surface area contributed by atoms with Crippen molar-refractivity contribution in [1.82, 2.24) is 10.3 Å². The van der Waals surface area contributed by atoms with E-state index in [0.717, 1.165) is 21.8 Å². The summed E-state index contributed by atoms with van der Waals surface area (Å²) in [5.41, 5.74) is 2.32. The monoisotopic (exact) mass is 457 g/mol. The van der Waals surface area contributed by atoms with Gasteiger partial charge in [0.05, 0.1) is 37.0 Å². The minimum absolute atomic E-state index is 0.0497. The highest BCUT2D eigenvalue weighted by atomic mass is 32.1. The van der Waals surface area contributed by atoms with E-state index in [1.807, 2.05) is 36.6 Å². The van der Waals surface area contributed by atoms with Crippen molar-refractivity contribution < 1.29 is 23.9 Å². The normalized spacial score (nSPS) is 10.5. The second-order valence-corrected chi connectivity index (χ2v) is 7.82. The highest BCUT2D eigenvalue weighted by Gasteiger charge is 2.32. The number of carbonyl (C=O) groups is 1. The fourth-order valence-electron chi connectivity index (χ4n) is 3.25. The van der Waals surface area contributed by atoms with Crippen LogP contribution in [0.1, 0.15) is 20.9 Å². The number of aryl methyl sites for hydroxylation is 1. The molecule has 2 aromatic carbocycles. The summed E-state index contributed by atoms with van der Waals surface area (Å²) >= 11 is 1.60. The van der Waals surface area contributed by atoms with Gasteiger partial charge in [0.1, 0.15) is 5.56 Å². The van der Waals surface area contributed by atoms with E-state index < -0.39 is 16.5 Å². The van der Waals surface area contributed by atoms with E-state index >= 15 is 0 Å². The lowest BCUT2D eigenvalue weighted by molar-refractivity contribution is -0.386. The Hall–Kier alpha value is -3.66. The van der Waals surface area contributed by atoms with Gasteiger partial charge in [0, 0.05) is 23.6 Å². The average Bonchev–Trinajstić information content (AvgIpc) is 3.23. The van der Waals surface area contributed by atoms with Gasteiger partial charge in [-0.3, -0.25) is 14.9 Å². The first-order valence-electron chi connectivity index (χ1n) is 9.66. The van der Waals surface area contributed by atoms with Crippen LogP contribution < -0.4 is 19.5 Å². The number of rotatable bonds is 9. The fraction of sp³-hybridized carbons (Fsp3) is 0.273. The minimum Gasteiger partial charge on any atom is -0.493 e. The molecule has 0 aliphatic heterocycles. The first kappa shape index (κ1) is 23.0. The number of amides is 1. The molecular formula is C22H23N3O6S. The van der Waals surface area contributed by atoms with E-state index in [1.165, 1.54) is 27.4 Å². The van der Waals surface area contributed by atoms with Gasteiger partial charge in [0.15, 0.2) is 5.75 Å². The van der Waals surface area contributed by atoms with Gasteiger partial charge in [0.25, 0.3) is 5.91 Å². The Morgan fingerprint density at radius 2 is 1.81 bits per heavy atom. The molecule has 0 fully saturated rings. The number of ether oxygens (including phenoxy) is 3. The van der Waals surface area contributed by atoms with E-state index in [4.69, 9.17) is 14.2 Å². The Balaban J connectivity index is 1.74. The number of aromatic nitrogens is 1. The van der Waals surface area contributed by atoms with Crippen molar-refractivity contribution in [2.45, 2.75) is 13.3 Å². The Labute approximate surface area is 189 Å². The molecule has 3 aromatic rings. The van der Waals surface area contributed by atoms with Crippen LogP contribution in [0, 0.1) is 17.0 Å². The van der Waals surface area contributed by atoms with E-state index in [-0.39, 0.29) is 22.8 Å². The molecule has 168 valence electrons. The summed E-state index contributed by atoms with van der Waals surface area (Å²) in [6, 6.07) is 9.18. The van der Waals surface area contributed by atoms with Crippen LogP contribution in [0.2, 0.25) is 0 Å². The zero-order valence-electron chi connectivity index (χ0n) is 18.1. The number of nitrogens with zero attached hydrogens (tertiary/aromatic N) is 2. The molecule has 0 saturated heterocycles. The summed E-state index contributed by atoms with van der Waals surface area (Å²) in [7, 11) is 3.98. The first-order chi connectivity index (χ1) is 15.4. The Morgan fingerprint density at radius 1 is 1.12 bits per heavy atom. The molecule has 1 aromatic heterocycles. The third-order valence-corrected chi connectivity index (χ3v) is 5.57. The Kier molecular flexibility index (Phi) is 7.26. The molecule has 0 unspecified atom stereocenters. The van der Waals surface area contributed by atoms with Crippen molar-refractivity contribution in [3.63, 3.8) is 0 Å². The molecule has 1 heterocycles. The highest BCUT2D eigenvalue weighted by molar-refractivity contribution is 7.09. The smallest absolute Gasteiger partial charge is 0.327 e. The predicted molar refractivity (Wildman–Crippen MR) is 121 cm³/mol. The van der Waals surface area contributed by atoms with Crippen molar-refractivity contribution in [3.8, 4) is 28.5 Å². The number of thiazole rings is 1. The molecule has 0 spiro atoms. The van der Waals surface area contributed by atoms with Gasteiger partial charge < -0.3 is 19.5 Å². The first-order valence-corrected chi connectivity index (χ1v) is 10.5. The van der Waals surface area contributed by atoms with E-state index in [1.54, 1.807) is 11.3 Å². The predicted octanol–water partition coefficient (Wildman–Crippen LogP) is 4.03. The van der Waals surface area contributed by atoms with Crippen molar-refractivity contribution in [3.05, 3.63) is 62.0 Å². The third-order valence-electron chi connectivity index (χ3n) is 4.80. The van der Waals surface area contributed by atoms with Gasteiger partial charge in [0.2, 0.25) is 11.5 Å².